The van der Waals surface area contributed by atoms with Gasteiger partial charge in [0, 0.05) is 5.02 Å². The summed E-state index contributed by atoms with van der Waals surface area (Å²) in [5.74, 6) is 4.92. The van der Waals surface area contributed by atoms with Crippen molar-refractivity contribution in [3.05, 3.63) is 45.3 Å². The molecule has 6 nitrogen and oxygen atoms in total. The van der Waals surface area contributed by atoms with E-state index in [1.54, 1.807) is 0 Å². The third-order valence-corrected chi connectivity index (χ3v) is 3.07. The van der Waals surface area contributed by atoms with Gasteiger partial charge in [-0.15, -0.1) is 0 Å². The van der Waals surface area contributed by atoms with E-state index in [2.05, 4.69) is 20.7 Å². The summed E-state index contributed by atoms with van der Waals surface area (Å²) < 4.78 is 0. The molecule has 9 heteroatoms. The number of nitrogens with zero attached hydrogens (tertiary/aromatic N) is 2. The molecule has 0 saturated heterocycles. The highest BCUT2D eigenvalue weighted by Gasteiger charge is 2.14. The molecule has 1 heterocycles. The molecule has 0 radical (unpaired) electrons. The van der Waals surface area contributed by atoms with Gasteiger partial charge in [0.1, 0.15) is 5.69 Å². The Hall–Kier alpha value is -1.60. The van der Waals surface area contributed by atoms with Crippen LogP contribution >= 0.6 is 34.8 Å². The zero-order chi connectivity index (χ0) is 14.7. The number of nitrogens with one attached hydrogen (secondary N) is 2. The van der Waals surface area contributed by atoms with Gasteiger partial charge in [-0.25, -0.2) is 10.8 Å². The first kappa shape index (κ1) is 14.8. The summed E-state index contributed by atoms with van der Waals surface area (Å²) in [5, 5.41) is 3.35. The number of carbonyl (C=O) groups excluding carboxylic acids is 1. The summed E-state index contributed by atoms with van der Waals surface area (Å²) in [6.45, 7) is 0. The van der Waals surface area contributed by atoms with Gasteiger partial charge in [-0.3, -0.25) is 9.78 Å². The van der Waals surface area contributed by atoms with Crippen LogP contribution in [0, 0.1) is 0 Å². The fourth-order valence-electron chi connectivity index (χ4n) is 1.38. The van der Waals surface area contributed by atoms with Crippen molar-refractivity contribution in [2.75, 3.05) is 10.7 Å². The molecule has 0 bridgehead atoms. The Morgan fingerprint density at radius 2 is 1.80 bits per heavy atom. The Labute approximate surface area is 129 Å². The molecule has 0 aliphatic rings. The molecular formula is C11H8Cl3N5O. The van der Waals surface area contributed by atoms with Crippen molar-refractivity contribution in [3.8, 4) is 0 Å². The highest BCUT2D eigenvalue weighted by molar-refractivity contribution is 6.42. The average molecular weight is 333 g/mol. The Morgan fingerprint density at radius 3 is 2.40 bits per heavy atom. The van der Waals surface area contributed by atoms with Gasteiger partial charge < -0.3 is 10.7 Å². The van der Waals surface area contributed by atoms with Crippen LogP contribution < -0.4 is 16.6 Å². The maximum absolute atomic E-state index is 12.0. The Bertz CT molecular complexity index is 641. The van der Waals surface area contributed by atoms with Crippen LogP contribution in [0.1, 0.15) is 10.5 Å². The summed E-state index contributed by atoms with van der Waals surface area (Å²) in [7, 11) is 0. The quantitative estimate of drug-likeness (QED) is 0.593. The molecule has 0 atom stereocenters. The van der Waals surface area contributed by atoms with Crippen molar-refractivity contribution in [1.29, 1.82) is 0 Å². The van der Waals surface area contributed by atoms with Gasteiger partial charge in [0.15, 0.2) is 5.82 Å². The predicted molar refractivity (Wildman–Crippen MR) is 79.3 cm³/mol. The molecule has 2 aromatic rings. The fourth-order valence-corrected chi connectivity index (χ4v) is 2.30. The number of halogens is 3. The van der Waals surface area contributed by atoms with E-state index >= 15 is 0 Å². The van der Waals surface area contributed by atoms with E-state index < -0.39 is 5.91 Å². The van der Waals surface area contributed by atoms with E-state index in [0.717, 1.165) is 0 Å². The molecular weight excluding hydrogens is 325 g/mol. The van der Waals surface area contributed by atoms with Crippen molar-refractivity contribution in [2.24, 2.45) is 5.84 Å². The topological polar surface area (TPSA) is 92.9 Å². The van der Waals surface area contributed by atoms with Crippen LogP contribution in [-0.4, -0.2) is 15.9 Å². The fraction of sp³-hybridized carbons (Fsp3) is 0. The second kappa shape index (κ2) is 6.23. The number of nitrogen functional groups attached to an aromatic ring is 1. The highest BCUT2D eigenvalue weighted by atomic mass is 35.5. The van der Waals surface area contributed by atoms with Crippen LogP contribution in [0.3, 0.4) is 0 Å². The second-order valence-corrected chi connectivity index (χ2v) is 4.88. The number of benzene rings is 1. The zero-order valence-electron chi connectivity index (χ0n) is 9.82. The molecule has 0 aliphatic carbocycles. The summed E-state index contributed by atoms with van der Waals surface area (Å²) >= 11 is 17.7. The first-order valence-electron chi connectivity index (χ1n) is 5.26. The van der Waals surface area contributed by atoms with Crippen molar-refractivity contribution in [1.82, 2.24) is 9.97 Å². The normalized spacial score (nSPS) is 10.2. The smallest absolute Gasteiger partial charge is 0.276 e. The van der Waals surface area contributed by atoms with Gasteiger partial charge in [0.25, 0.3) is 5.91 Å². The van der Waals surface area contributed by atoms with Crippen molar-refractivity contribution in [2.45, 2.75) is 0 Å². The molecule has 2 rings (SSSR count). The molecule has 1 aromatic carbocycles. The van der Waals surface area contributed by atoms with Crippen molar-refractivity contribution in [3.63, 3.8) is 0 Å². The predicted octanol–water partition coefficient (Wildman–Crippen LogP) is 2.97. The molecule has 1 aromatic heterocycles. The van der Waals surface area contributed by atoms with Gasteiger partial charge >= 0.3 is 0 Å². The molecule has 0 unspecified atom stereocenters. The first-order chi connectivity index (χ1) is 9.51. The lowest BCUT2D eigenvalue weighted by Crippen LogP contribution is -2.17. The number of carbonyl (C=O) groups is 1. The van der Waals surface area contributed by atoms with Crippen LogP contribution in [-0.2, 0) is 0 Å². The van der Waals surface area contributed by atoms with E-state index in [4.69, 9.17) is 40.6 Å². The Morgan fingerprint density at radius 1 is 1.15 bits per heavy atom. The number of hydrazine groups is 1. The monoisotopic (exact) mass is 331 g/mol. The SMILES string of the molecule is NNc1cncc(C(=O)Nc2c(Cl)cc(Cl)cc2Cl)n1. The number of hydrogen-bond acceptors (Lipinski definition) is 5. The van der Waals surface area contributed by atoms with Crippen LogP contribution in [0.5, 0.6) is 0 Å². The zero-order valence-corrected chi connectivity index (χ0v) is 12.1. The minimum atomic E-state index is -0.527. The molecule has 20 heavy (non-hydrogen) atoms. The van der Waals surface area contributed by atoms with Crippen LogP contribution in [0.15, 0.2) is 24.5 Å². The van der Waals surface area contributed by atoms with E-state index in [1.165, 1.54) is 24.5 Å². The standard InChI is InChI=1S/C11H8Cl3N5O/c12-5-1-6(13)10(7(14)2-5)18-11(20)8-3-16-4-9(17-8)19-15/h1-4H,15H2,(H,17,19)(H,18,20). The minimum absolute atomic E-state index is 0.0579. The van der Waals surface area contributed by atoms with Gasteiger partial charge in [-0.2, -0.15) is 0 Å². The van der Waals surface area contributed by atoms with Gasteiger partial charge in [0.05, 0.1) is 28.1 Å². The molecule has 4 N–H and O–H groups in total. The van der Waals surface area contributed by atoms with E-state index in [1.807, 2.05) is 0 Å². The number of anilines is 2. The van der Waals surface area contributed by atoms with Crippen LogP contribution in [0.25, 0.3) is 0 Å². The molecule has 0 aliphatic heterocycles. The number of aromatic nitrogens is 2. The molecule has 0 fully saturated rings. The minimum Gasteiger partial charge on any atom is -0.318 e. The Balaban J connectivity index is 2.28. The third kappa shape index (κ3) is 3.29. The first-order valence-corrected chi connectivity index (χ1v) is 6.39. The number of hydrogen-bond donors (Lipinski definition) is 3. The number of nitrogens with two attached hydrogens (primary N) is 1. The lowest BCUT2D eigenvalue weighted by molar-refractivity contribution is 0.102. The van der Waals surface area contributed by atoms with Crippen molar-refractivity contribution >= 4 is 52.2 Å². The summed E-state index contributed by atoms with van der Waals surface area (Å²) in [4.78, 5) is 19.8. The second-order valence-electron chi connectivity index (χ2n) is 3.63. The number of rotatable bonds is 3. The largest absolute Gasteiger partial charge is 0.318 e. The molecule has 0 spiro atoms. The van der Waals surface area contributed by atoms with Gasteiger partial charge in [-0.05, 0) is 12.1 Å². The van der Waals surface area contributed by atoms with E-state index in [0.29, 0.717) is 5.02 Å². The molecule has 104 valence electrons. The number of amides is 1. The lowest BCUT2D eigenvalue weighted by Gasteiger charge is -2.09. The third-order valence-electron chi connectivity index (χ3n) is 2.26. The summed E-state index contributed by atoms with van der Waals surface area (Å²) in [6.07, 6.45) is 2.66. The van der Waals surface area contributed by atoms with E-state index in [-0.39, 0.29) is 27.2 Å². The van der Waals surface area contributed by atoms with E-state index in [9.17, 15) is 4.79 Å². The summed E-state index contributed by atoms with van der Waals surface area (Å²) in [5.41, 5.74) is 2.60. The van der Waals surface area contributed by atoms with Gasteiger partial charge in [-0.1, -0.05) is 34.8 Å². The molecule has 1 amide bonds. The van der Waals surface area contributed by atoms with Crippen LogP contribution in [0.4, 0.5) is 11.5 Å². The maximum atomic E-state index is 12.0. The highest BCUT2D eigenvalue weighted by Crippen LogP contribution is 2.33. The maximum Gasteiger partial charge on any atom is 0.276 e. The molecule has 0 saturated carbocycles. The Kier molecular flexibility index (Phi) is 4.61. The van der Waals surface area contributed by atoms with Crippen molar-refractivity contribution < 1.29 is 4.79 Å². The average Bonchev–Trinajstić information content (AvgIpc) is 2.42. The van der Waals surface area contributed by atoms with Crippen LogP contribution in [0.2, 0.25) is 15.1 Å². The summed E-state index contributed by atoms with van der Waals surface area (Å²) in [6, 6.07) is 2.93. The lowest BCUT2D eigenvalue weighted by atomic mass is 10.3. The van der Waals surface area contributed by atoms with Gasteiger partial charge in [0.2, 0.25) is 0 Å².